The highest BCUT2D eigenvalue weighted by Gasteiger charge is 2.23. The molecule has 0 spiro atoms. The molecule has 1 aromatic heterocycles. The number of pyridine rings is 1. The van der Waals surface area contributed by atoms with E-state index in [9.17, 15) is 4.57 Å². The molecule has 1 aromatic rings. The summed E-state index contributed by atoms with van der Waals surface area (Å²) in [5.41, 5.74) is 0. The molecule has 0 fully saturated rings. The highest BCUT2D eigenvalue weighted by molar-refractivity contribution is 7.71. The summed E-state index contributed by atoms with van der Waals surface area (Å²) >= 11 is 0. The van der Waals surface area contributed by atoms with Gasteiger partial charge in [-0.25, -0.2) is 0 Å². The van der Waals surface area contributed by atoms with Gasteiger partial charge >= 0.3 is 0 Å². The molecule has 28 heavy (non-hydrogen) atoms. The lowest BCUT2D eigenvalue weighted by molar-refractivity contribution is 0.561. The Morgan fingerprint density at radius 3 is 1.36 bits per heavy atom. The molecular formula is C25H46NOP. The van der Waals surface area contributed by atoms with Gasteiger partial charge in [-0.3, -0.25) is 4.98 Å². The number of nitrogens with zero attached hydrogens (tertiary/aromatic N) is 1. The van der Waals surface area contributed by atoms with E-state index in [1.54, 1.807) is 0 Å². The van der Waals surface area contributed by atoms with Gasteiger partial charge in [0, 0.05) is 30.0 Å². The lowest BCUT2D eigenvalue weighted by Crippen LogP contribution is -2.11. The van der Waals surface area contributed by atoms with Gasteiger partial charge < -0.3 is 4.57 Å². The maximum atomic E-state index is 13.7. The highest BCUT2D eigenvalue weighted by atomic mass is 31.2. The lowest BCUT2D eigenvalue weighted by Gasteiger charge is -2.19. The minimum Gasteiger partial charge on any atom is -0.319 e. The van der Waals surface area contributed by atoms with Crippen LogP contribution in [-0.4, -0.2) is 17.3 Å². The van der Waals surface area contributed by atoms with E-state index in [0.29, 0.717) is 0 Å². The Bertz CT molecular complexity index is 479. The molecule has 0 bridgehead atoms. The first-order valence-corrected chi connectivity index (χ1v) is 14.3. The van der Waals surface area contributed by atoms with E-state index in [-0.39, 0.29) is 0 Å². The van der Waals surface area contributed by atoms with Crippen LogP contribution in [0.4, 0.5) is 0 Å². The van der Waals surface area contributed by atoms with E-state index in [0.717, 1.165) is 30.5 Å². The average Bonchev–Trinajstić information content (AvgIpc) is 2.72. The molecule has 0 aliphatic rings. The van der Waals surface area contributed by atoms with Crippen LogP contribution in [0.25, 0.3) is 0 Å². The zero-order valence-electron chi connectivity index (χ0n) is 18.8. The van der Waals surface area contributed by atoms with E-state index in [2.05, 4.69) is 18.8 Å². The summed E-state index contributed by atoms with van der Waals surface area (Å²) in [7, 11) is -2.24. The second-order valence-electron chi connectivity index (χ2n) is 8.49. The second-order valence-corrected chi connectivity index (χ2v) is 11.7. The van der Waals surface area contributed by atoms with Crippen LogP contribution in [0.2, 0.25) is 0 Å². The van der Waals surface area contributed by atoms with Crippen molar-refractivity contribution in [3.63, 3.8) is 0 Å². The van der Waals surface area contributed by atoms with E-state index in [1.165, 1.54) is 89.9 Å². The monoisotopic (exact) mass is 407 g/mol. The van der Waals surface area contributed by atoms with E-state index < -0.39 is 7.14 Å². The molecule has 3 heteroatoms. The Hall–Kier alpha value is -0.620. The largest absolute Gasteiger partial charge is 0.319 e. The summed E-state index contributed by atoms with van der Waals surface area (Å²) in [5.74, 6) is 0. The molecule has 0 aliphatic heterocycles. The minimum absolute atomic E-state index is 0.891. The SMILES string of the molecule is CCCCCCCCCCP(=O)(CCCCCCCCCC)c1ccncc1. The van der Waals surface area contributed by atoms with E-state index in [4.69, 9.17) is 0 Å². The zero-order chi connectivity index (χ0) is 20.3. The first kappa shape index (κ1) is 25.4. The Balaban J connectivity index is 2.31. The van der Waals surface area contributed by atoms with Crippen molar-refractivity contribution in [2.24, 2.45) is 0 Å². The van der Waals surface area contributed by atoms with Crippen molar-refractivity contribution in [3.05, 3.63) is 24.5 Å². The molecule has 2 nitrogen and oxygen atoms in total. The van der Waals surface area contributed by atoms with Crippen LogP contribution in [0.5, 0.6) is 0 Å². The first-order valence-electron chi connectivity index (χ1n) is 12.2. The summed E-state index contributed by atoms with van der Waals surface area (Å²) in [6.07, 6.45) is 26.3. The smallest absolute Gasteiger partial charge is 0.115 e. The zero-order valence-corrected chi connectivity index (χ0v) is 19.7. The molecular weight excluding hydrogens is 361 g/mol. The topological polar surface area (TPSA) is 30.0 Å². The summed E-state index contributed by atoms with van der Waals surface area (Å²) in [4.78, 5) is 4.13. The number of rotatable bonds is 19. The van der Waals surface area contributed by atoms with Gasteiger partial charge in [-0.15, -0.1) is 0 Å². The van der Waals surface area contributed by atoms with Gasteiger partial charge in [0.2, 0.25) is 0 Å². The molecule has 1 heterocycles. The predicted molar refractivity (Wildman–Crippen MR) is 126 cm³/mol. The summed E-state index contributed by atoms with van der Waals surface area (Å²) in [6.45, 7) is 4.53. The highest BCUT2D eigenvalue weighted by Crippen LogP contribution is 2.46. The molecule has 0 saturated carbocycles. The van der Waals surface area contributed by atoms with Crippen molar-refractivity contribution in [2.75, 3.05) is 12.3 Å². The van der Waals surface area contributed by atoms with Crippen LogP contribution in [0, 0.1) is 0 Å². The number of hydrogen-bond acceptors (Lipinski definition) is 2. The van der Waals surface area contributed by atoms with E-state index >= 15 is 0 Å². The standard InChI is InChI=1S/C25H46NOP/c1-3-5-7-9-11-13-15-17-23-28(27,25-19-21-26-22-20-25)24-18-16-14-12-10-8-6-4-2/h19-22H,3-18,23-24H2,1-2H3. The third-order valence-electron chi connectivity index (χ3n) is 5.88. The normalized spacial score (nSPS) is 11.8. The van der Waals surface area contributed by atoms with Gasteiger partial charge in [-0.1, -0.05) is 104 Å². The quantitative estimate of drug-likeness (QED) is 0.170. The van der Waals surface area contributed by atoms with Crippen LogP contribution in [0.1, 0.15) is 117 Å². The van der Waals surface area contributed by atoms with Gasteiger partial charge in [0.25, 0.3) is 0 Å². The lowest BCUT2D eigenvalue weighted by atomic mass is 10.1. The maximum absolute atomic E-state index is 13.7. The Morgan fingerprint density at radius 2 is 0.964 bits per heavy atom. The fraction of sp³-hybridized carbons (Fsp3) is 0.800. The number of unbranched alkanes of at least 4 members (excludes halogenated alkanes) is 14. The van der Waals surface area contributed by atoms with Crippen molar-refractivity contribution in [2.45, 2.75) is 117 Å². The first-order chi connectivity index (χ1) is 13.7. The summed E-state index contributed by atoms with van der Waals surface area (Å²) < 4.78 is 13.7. The fourth-order valence-electron chi connectivity index (χ4n) is 3.99. The molecule has 0 saturated heterocycles. The molecule has 0 N–H and O–H groups in total. The second kappa shape index (κ2) is 17.3. The Morgan fingerprint density at radius 1 is 0.607 bits per heavy atom. The minimum atomic E-state index is -2.24. The third kappa shape index (κ3) is 12.1. The van der Waals surface area contributed by atoms with Crippen molar-refractivity contribution in [3.8, 4) is 0 Å². The van der Waals surface area contributed by atoms with Crippen LogP contribution < -0.4 is 5.30 Å². The van der Waals surface area contributed by atoms with Crippen molar-refractivity contribution >= 4 is 12.4 Å². The Kier molecular flexibility index (Phi) is 15.7. The number of hydrogen-bond donors (Lipinski definition) is 0. The molecule has 162 valence electrons. The van der Waals surface area contributed by atoms with Crippen LogP contribution in [0.15, 0.2) is 24.5 Å². The van der Waals surface area contributed by atoms with Crippen molar-refractivity contribution in [1.82, 2.24) is 4.98 Å². The van der Waals surface area contributed by atoms with Crippen LogP contribution in [0.3, 0.4) is 0 Å². The third-order valence-corrected chi connectivity index (χ3v) is 9.20. The van der Waals surface area contributed by atoms with E-state index in [1.807, 2.05) is 24.5 Å². The predicted octanol–water partition coefficient (Wildman–Crippen LogP) is 8.35. The van der Waals surface area contributed by atoms with Crippen molar-refractivity contribution in [1.29, 1.82) is 0 Å². The average molecular weight is 408 g/mol. The van der Waals surface area contributed by atoms with Crippen molar-refractivity contribution < 1.29 is 4.57 Å². The van der Waals surface area contributed by atoms with Gasteiger partial charge in [0.1, 0.15) is 7.14 Å². The fourth-order valence-corrected chi connectivity index (χ4v) is 6.87. The molecule has 0 atom stereocenters. The number of aromatic nitrogens is 1. The van der Waals surface area contributed by atoms with Gasteiger partial charge in [-0.2, -0.15) is 0 Å². The summed E-state index contributed by atoms with van der Waals surface area (Å²) in [5, 5.41) is 1.06. The molecule has 1 rings (SSSR count). The summed E-state index contributed by atoms with van der Waals surface area (Å²) in [6, 6.07) is 3.99. The van der Waals surface area contributed by atoms with Gasteiger partial charge in [0.15, 0.2) is 0 Å². The molecule has 0 unspecified atom stereocenters. The Labute approximate surface area is 175 Å². The maximum Gasteiger partial charge on any atom is 0.115 e. The molecule has 0 radical (unpaired) electrons. The van der Waals surface area contributed by atoms with Gasteiger partial charge in [0.05, 0.1) is 0 Å². The molecule has 0 aliphatic carbocycles. The van der Waals surface area contributed by atoms with Crippen LogP contribution in [-0.2, 0) is 4.57 Å². The van der Waals surface area contributed by atoms with Crippen LogP contribution >= 0.6 is 7.14 Å². The van der Waals surface area contributed by atoms with Gasteiger partial charge in [-0.05, 0) is 25.0 Å². The molecule has 0 amide bonds. The molecule has 0 aromatic carbocycles.